The Balaban J connectivity index is 0.00000180. The van der Waals surface area contributed by atoms with Crippen molar-refractivity contribution in [3.8, 4) is 5.75 Å². The Labute approximate surface area is 119 Å². The molecule has 0 saturated heterocycles. The van der Waals surface area contributed by atoms with Gasteiger partial charge in [0.05, 0.1) is 5.69 Å². The Morgan fingerprint density at radius 3 is 2.84 bits per heavy atom. The van der Waals surface area contributed by atoms with Crippen LogP contribution in [0.15, 0.2) is 36.5 Å². The van der Waals surface area contributed by atoms with E-state index in [1.54, 1.807) is 12.1 Å². The molecule has 0 aliphatic heterocycles. The average molecular weight is 282 g/mol. The van der Waals surface area contributed by atoms with Crippen LogP contribution in [0, 0.1) is 0 Å². The highest BCUT2D eigenvalue weighted by Crippen LogP contribution is 2.10. The Morgan fingerprint density at radius 2 is 2.11 bits per heavy atom. The third-order valence-electron chi connectivity index (χ3n) is 2.79. The maximum absolute atomic E-state index is 9.37. The molecule has 1 heterocycles. The molecular formula is C14H20ClN3O. The molecule has 4 nitrogen and oxygen atoms in total. The predicted octanol–water partition coefficient (Wildman–Crippen LogP) is 2.71. The van der Waals surface area contributed by atoms with Crippen LogP contribution in [-0.4, -0.2) is 14.9 Å². The predicted molar refractivity (Wildman–Crippen MR) is 78.4 cm³/mol. The Morgan fingerprint density at radius 1 is 1.26 bits per heavy atom. The molecule has 2 N–H and O–H groups in total. The van der Waals surface area contributed by atoms with Crippen LogP contribution in [0.2, 0.25) is 0 Å². The lowest BCUT2D eigenvalue weighted by Gasteiger charge is -2.08. The first-order valence-corrected chi connectivity index (χ1v) is 6.29. The van der Waals surface area contributed by atoms with Crippen molar-refractivity contribution >= 4 is 12.4 Å². The van der Waals surface area contributed by atoms with E-state index < -0.39 is 0 Å². The summed E-state index contributed by atoms with van der Waals surface area (Å²) in [4.78, 5) is 0. The summed E-state index contributed by atoms with van der Waals surface area (Å²) >= 11 is 0. The summed E-state index contributed by atoms with van der Waals surface area (Å²) < 4.78 is 2.02. The molecule has 0 bridgehead atoms. The molecule has 1 aromatic carbocycles. The van der Waals surface area contributed by atoms with E-state index in [0.29, 0.717) is 5.75 Å². The molecular weight excluding hydrogens is 262 g/mol. The van der Waals surface area contributed by atoms with Crippen LogP contribution in [0.4, 0.5) is 0 Å². The van der Waals surface area contributed by atoms with Crippen LogP contribution in [0.1, 0.15) is 24.6 Å². The van der Waals surface area contributed by atoms with Gasteiger partial charge in [-0.3, -0.25) is 4.68 Å². The molecule has 0 saturated carbocycles. The fraction of sp³-hybridized carbons (Fsp3) is 0.357. The van der Waals surface area contributed by atoms with Gasteiger partial charge in [0.25, 0.3) is 0 Å². The molecule has 0 radical (unpaired) electrons. The number of aromatic hydroxyl groups is 1. The molecule has 0 aliphatic carbocycles. The van der Waals surface area contributed by atoms with Gasteiger partial charge in [-0.15, -0.1) is 12.4 Å². The average Bonchev–Trinajstić information content (AvgIpc) is 2.78. The summed E-state index contributed by atoms with van der Waals surface area (Å²) in [6, 6.07) is 9.34. The molecule has 0 spiro atoms. The summed E-state index contributed by atoms with van der Waals surface area (Å²) in [5.74, 6) is 0.310. The van der Waals surface area contributed by atoms with Gasteiger partial charge >= 0.3 is 0 Å². The zero-order valence-electron chi connectivity index (χ0n) is 11.0. The number of aryl methyl sites for hydroxylation is 1. The number of phenols is 1. The minimum absolute atomic E-state index is 0. The number of rotatable bonds is 6. The summed E-state index contributed by atoms with van der Waals surface area (Å²) in [7, 11) is 0. The van der Waals surface area contributed by atoms with Crippen LogP contribution in [-0.2, 0) is 19.6 Å². The first-order chi connectivity index (χ1) is 8.79. The number of halogens is 1. The van der Waals surface area contributed by atoms with Crippen molar-refractivity contribution in [2.45, 2.75) is 33.0 Å². The first-order valence-electron chi connectivity index (χ1n) is 6.29. The summed E-state index contributed by atoms with van der Waals surface area (Å²) in [6.45, 7) is 4.63. The number of nitrogens with one attached hydrogen (secondary N) is 1. The molecule has 0 amide bonds. The molecule has 0 unspecified atom stereocenters. The number of nitrogens with zero attached hydrogens (tertiary/aromatic N) is 2. The molecule has 104 valence electrons. The van der Waals surface area contributed by atoms with E-state index in [1.807, 2.05) is 29.1 Å². The fourth-order valence-corrected chi connectivity index (χ4v) is 1.92. The zero-order chi connectivity index (χ0) is 12.8. The van der Waals surface area contributed by atoms with Crippen LogP contribution in [0.5, 0.6) is 5.75 Å². The van der Waals surface area contributed by atoms with Gasteiger partial charge in [0.2, 0.25) is 0 Å². The monoisotopic (exact) mass is 281 g/mol. The Hall–Kier alpha value is -1.52. The minimum atomic E-state index is 0. The maximum Gasteiger partial charge on any atom is 0.115 e. The third-order valence-corrected chi connectivity index (χ3v) is 2.79. The number of aromatic nitrogens is 2. The van der Waals surface area contributed by atoms with E-state index in [2.05, 4.69) is 17.3 Å². The quantitative estimate of drug-likeness (QED) is 0.856. The molecule has 1 aromatic heterocycles. The van der Waals surface area contributed by atoms with Crippen molar-refractivity contribution in [2.24, 2.45) is 0 Å². The third kappa shape index (κ3) is 4.58. The van der Waals surface area contributed by atoms with E-state index >= 15 is 0 Å². The van der Waals surface area contributed by atoms with Gasteiger partial charge in [0.1, 0.15) is 5.75 Å². The van der Waals surface area contributed by atoms with Gasteiger partial charge in [0.15, 0.2) is 0 Å². The van der Waals surface area contributed by atoms with Crippen LogP contribution in [0.3, 0.4) is 0 Å². The number of benzene rings is 1. The summed E-state index contributed by atoms with van der Waals surface area (Å²) in [5, 5.41) is 17.0. The summed E-state index contributed by atoms with van der Waals surface area (Å²) in [5.41, 5.74) is 2.27. The SMILES string of the molecule is CCCn1nccc1CNCc1cccc(O)c1.Cl. The van der Waals surface area contributed by atoms with Gasteiger partial charge in [-0.1, -0.05) is 19.1 Å². The van der Waals surface area contributed by atoms with Crippen molar-refractivity contribution in [2.75, 3.05) is 0 Å². The largest absolute Gasteiger partial charge is 0.508 e. The molecule has 19 heavy (non-hydrogen) atoms. The van der Waals surface area contributed by atoms with E-state index in [0.717, 1.165) is 31.6 Å². The van der Waals surface area contributed by atoms with Crippen molar-refractivity contribution in [1.29, 1.82) is 0 Å². The van der Waals surface area contributed by atoms with E-state index in [-0.39, 0.29) is 12.4 Å². The van der Waals surface area contributed by atoms with Crippen LogP contribution in [0.25, 0.3) is 0 Å². The van der Waals surface area contributed by atoms with Crippen molar-refractivity contribution in [1.82, 2.24) is 15.1 Å². The highest BCUT2D eigenvalue weighted by atomic mass is 35.5. The van der Waals surface area contributed by atoms with Crippen LogP contribution >= 0.6 is 12.4 Å². The van der Waals surface area contributed by atoms with Gasteiger partial charge in [-0.05, 0) is 30.2 Å². The highest BCUT2D eigenvalue weighted by molar-refractivity contribution is 5.85. The normalized spacial score (nSPS) is 10.2. The Bertz CT molecular complexity index is 499. The maximum atomic E-state index is 9.37. The zero-order valence-corrected chi connectivity index (χ0v) is 11.9. The van der Waals surface area contributed by atoms with Gasteiger partial charge in [0, 0.05) is 25.8 Å². The molecule has 0 atom stereocenters. The second-order valence-electron chi connectivity index (χ2n) is 4.32. The minimum Gasteiger partial charge on any atom is -0.508 e. The second kappa shape index (κ2) is 7.81. The van der Waals surface area contributed by atoms with Crippen molar-refractivity contribution < 1.29 is 5.11 Å². The lowest BCUT2D eigenvalue weighted by atomic mass is 10.2. The van der Waals surface area contributed by atoms with Gasteiger partial charge in [-0.2, -0.15) is 5.10 Å². The number of hydrogen-bond acceptors (Lipinski definition) is 3. The van der Waals surface area contributed by atoms with Gasteiger partial charge in [-0.25, -0.2) is 0 Å². The molecule has 0 fully saturated rings. The van der Waals surface area contributed by atoms with Crippen molar-refractivity contribution in [3.05, 3.63) is 47.8 Å². The van der Waals surface area contributed by atoms with Crippen molar-refractivity contribution in [3.63, 3.8) is 0 Å². The Kier molecular flexibility index (Phi) is 6.39. The van der Waals surface area contributed by atoms with E-state index in [4.69, 9.17) is 0 Å². The fourth-order valence-electron chi connectivity index (χ4n) is 1.92. The smallest absolute Gasteiger partial charge is 0.115 e. The lowest BCUT2D eigenvalue weighted by molar-refractivity contribution is 0.474. The first kappa shape index (κ1) is 15.5. The number of hydrogen-bond donors (Lipinski definition) is 2. The van der Waals surface area contributed by atoms with E-state index in [1.165, 1.54) is 5.69 Å². The molecule has 0 aliphatic rings. The number of phenolic OH excluding ortho intramolecular Hbond substituents is 1. The van der Waals surface area contributed by atoms with E-state index in [9.17, 15) is 5.11 Å². The summed E-state index contributed by atoms with van der Waals surface area (Å²) in [6.07, 6.45) is 2.92. The second-order valence-corrected chi connectivity index (χ2v) is 4.32. The standard InChI is InChI=1S/C14H19N3O.ClH/c1-2-8-17-13(6-7-16-17)11-15-10-12-4-3-5-14(18)9-12;/h3-7,9,15,18H,2,8,10-11H2,1H3;1H. The molecule has 2 rings (SSSR count). The van der Waals surface area contributed by atoms with Gasteiger partial charge < -0.3 is 10.4 Å². The molecule has 2 aromatic rings. The lowest BCUT2D eigenvalue weighted by Crippen LogP contribution is -2.16. The highest BCUT2D eigenvalue weighted by Gasteiger charge is 2.01. The molecule has 5 heteroatoms. The topological polar surface area (TPSA) is 50.1 Å². The van der Waals surface area contributed by atoms with Crippen LogP contribution < -0.4 is 5.32 Å².